The summed E-state index contributed by atoms with van der Waals surface area (Å²) in [6, 6.07) is 15.0. The Bertz CT molecular complexity index is 762. The molecule has 0 unspecified atom stereocenters. The number of fused-ring (bicyclic) bond motifs is 1. The van der Waals surface area contributed by atoms with Gasteiger partial charge >= 0.3 is 5.97 Å². The summed E-state index contributed by atoms with van der Waals surface area (Å²) in [6.45, 7) is 0. The van der Waals surface area contributed by atoms with Crippen molar-refractivity contribution in [2.75, 3.05) is 0 Å². The number of nitrogens with zero attached hydrogens (tertiary/aromatic N) is 1. The molecule has 4 heteroatoms. The van der Waals surface area contributed by atoms with Gasteiger partial charge in [0.15, 0.2) is 0 Å². The van der Waals surface area contributed by atoms with E-state index in [1.165, 1.54) is 0 Å². The van der Waals surface area contributed by atoms with E-state index in [-0.39, 0.29) is 0 Å². The second-order valence-corrected chi connectivity index (χ2v) is 4.92. The third-order valence-corrected chi connectivity index (χ3v) is 3.84. The molecule has 0 aliphatic carbocycles. The average Bonchev–Trinajstić information content (AvgIpc) is 2.74. The Morgan fingerprint density at radius 2 is 1.74 bits per heavy atom. The molecule has 3 nitrogen and oxygen atoms in total. The van der Waals surface area contributed by atoms with Crippen LogP contribution in [0, 0.1) is 0 Å². The fourth-order valence-electron chi connectivity index (χ4n) is 2.25. The number of hydrogen-bond donors (Lipinski definition) is 1. The molecule has 2 heterocycles. The number of carbonyl (C=O) groups is 1. The number of pyridine rings is 1. The Morgan fingerprint density at radius 1 is 1.05 bits per heavy atom. The summed E-state index contributed by atoms with van der Waals surface area (Å²) < 4.78 is 2.60. The number of carboxylic acid groups (broad SMARTS) is 1. The van der Waals surface area contributed by atoms with Crippen molar-refractivity contribution in [3.05, 3.63) is 64.9 Å². The number of aromatic nitrogens is 1. The van der Waals surface area contributed by atoms with Gasteiger partial charge in [-0.2, -0.15) is 0 Å². The van der Waals surface area contributed by atoms with Gasteiger partial charge in [-0.05, 0) is 33.6 Å². The van der Waals surface area contributed by atoms with Crippen molar-refractivity contribution in [3.8, 4) is 11.1 Å². The van der Waals surface area contributed by atoms with Gasteiger partial charge in [0.1, 0.15) is 0 Å². The highest BCUT2D eigenvalue weighted by Gasteiger charge is 2.22. The van der Waals surface area contributed by atoms with Gasteiger partial charge in [-0.1, -0.05) is 36.4 Å². The molecule has 1 aromatic carbocycles. The summed E-state index contributed by atoms with van der Waals surface area (Å²) in [4.78, 5) is 11.6. The van der Waals surface area contributed by atoms with Crippen LogP contribution in [0.5, 0.6) is 0 Å². The monoisotopic (exact) mass is 315 g/mol. The molecule has 0 aliphatic heterocycles. The predicted molar refractivity (Wildman–Crippen MR) is 77.5 cm³/mol. The van der Waals surface area contributed by atoms with Crippen LogP contribution in [0.3, 0.4) is 0 Å². The minimum absolute atomic E-state index is 0.318. The molecule has 0 aliphatic rings. The Morgan fingerprint density at radius 3 is 2.42 bits per heavy atom. The van der Waals surface area contributed by atoms with Crippen LogP contribution in [0.1, 0.15) is 10.4 Å². The number of carboxylic acids is 1. The molecule has 2 aromatic heterocycles. The second kappa shape index (κ2) is 4.55. The van der Waals surface area contributed by atoms with Crippen molar-refractivity contribution in [2.45, 2.75) is 0 Å². The maximum absolute atomic E-state index is 11.6. The van der Waals surface area contributed by atoms with Crippen LogP contribution in [0.2, 0.25) is 0 Å². The highest BCUT2D eigenvalue weighted by molar-refractivity contribution is 9.10. The molecule has 3 aromatic rings. The van der Waals surface area contributed by atoms with Crippen LogP contribution in [-0.2, 0) is 0 Å². The van der Waals surface area contributed by atoms with Gasteiger partial charge in [-0.15, -0.1) is 0 Å². The molecule has 1 N–H and O–H groups in total. The molecule has 0 saturated carbocycles. The maximum atomic E-state index is 11.6. The van der Waals surface area contributed by atoms with E-state index in [1.54, 1.807) is 6.07 Å². The van der Waals surface area contributed by atoms with Crippen LogP contribution in [0.4, 0.5) is 0 Å². The number of aromatic carboxylic acids is 1. The molecular weight excluding hydrogens is 306 g/mol. The van der Waals surface area contributed by atoms with E-state index >= 15 is 0 Å². The van der Waals surface area contributed by atoms with Crippen molar-refractivity contribution in [3.63, 3.8) is 0 Å². The van der Waals surface area contributed by atoms with Gasteiger partial charge in [0.2, 0.25) is 0 Å². The molecule has 0 bridgehead atoms. The predicted octanol–water partition coefficient (Wildman–Crippen LogP) is 4.07. The molecule has 94 valence electrons. The minimum atomic E-state index is -0.923. The number of benzene rings is 1. The third-order valence-electron chi connectivity index (χ3n) is 3.06. The second-order valence-electron chi connectivity index (χ2n) is 4.17. The van der Waals surface area contributed by atoms with Gasteiger partial charge < -0.3 is 9.51 Å². The minimum Gasteiger partial charge on any atom is -0.478 e. The molecule has 0 fully saturated rings. The van der Waals surface area contributed by atoms with E-state index in [1.807, 2.05) is 53.1 Å². The van der Waals surface area contributed by atoms with E-state index in [9.17, 15) is 9.90 Å². The number of halogens is 1. The molecule has 0 atom stereocenters. The third kappa shape index (κ3) is 1.85. The van der Waals surface area contributed by atoms with E-state index in [4.69, 9.17) is 0 Å². The van der Waals surface area contributed by atoms with Crippen molar-refractivity contribution in [1.29, 1.82) is 0 Å². The lowest BCUT2D eigenvalue weighted by molar-refractivity contribution is 0.0700. The smallest absolute Gasteiger partial charge is 0.338 e. The van der Waals surface area contributed by atoms with Gasteiger partial charge in [0.25, 0.3) is 0 Å². The van der Waals surface area contributed by atoms with E-state index < -0.39 is 5.97 Å². The lowest BCUT2D eigenvalue weighted by Crippen LogP contribution is -1.97. The first-order valence-corrected chi connectivity index (χ1v) is 6.56. The van der Waals surface area contributed by atoms with Gasteiger partial charge in [0.05, 0.1) is 15.7 Å². The van der Waals surface area contributed by atoms with Crippen molar-refractivity contribution < 1.29 is 9.90 Å². The van der Waals surface area contributed by atoms with Crippen LogP contribution in [0.15, 0.2) is 59.3 Å². The number of rotatable bonds is 2. The zero-order chi connectivity index (χ0) is 13.4. The SMILES string of the molecule is O=C(O)c1c(-c2ccccc2)c(Br)n2ccccc12. The van der Waals surface area contributed by atoms with E-state index in [0.29, 0.717) is 16.6 Å². The molecule has 3 rings (SSSR count). The van der Waals surface area contributed by atoms with Crippen molar-refractivity contribution in [1.82, 2.24) is 4.40 Å². The largest absolute Gasteiger partial charge is 0.478 e. The van der Waals surface area contributed by atoms with Crippen molar-refractivity contribution in [2.24, 2.45) is 0 Å². The molecule has 19 heavy (non-hydrogen) atoms. The maximum Gasteiger partial charge on any atom is 0.338 e. The molecule has 0 radical (unpaired) electrons. The van der Waals surface area contributed by atoms with Gasteiger partial charge in [-0.3, -0.25) is 0 Å². The summed E-state index contributed by atoms with van der Waals surface area (Å²) in [5.41, 5.74) is 2.59. The zero-order valence-electron chi connectivity index (χ0n) is 9.88. The average molecular weight is 316 g/mol. The standard InChI is InChI=1S/C15H10BrNO2/c16-14-12(10-6-2-1-3-7-10)13(15(18)19)11-8-4-5-9-17(11)14/h1-9H,(H,18,19). The first kappa shape index (κ1) is 12.0. The van der Waals surface area contributed by atoms with Crippen molar-refractivity contribution >= 4 is 27.4 Å². The summed E-state index contributed by atoms with van der Waals surface area (Å²) in [5.74, 6) is -0.923. The normalized spacial score (nSPS) is 10.8. The molecule has 0 spiro atoms. The van der Waals surface area contributed by atoms with E-state index in [2.05, 4.69) is 15.9 Å². The first-order chi connectivity index (χ1) is 9.20. The van der Waals surface area contributed by atoms with Crippen LogP contribution in [-0.4, -0.2) is 15.5 Å². The fraction of sp³-hybridized carbons (Fsp3) is 0. The topological polar surface area (TPSA) is 41.7 Å². The van der Waals surface area contributed by atoms with Crippen LogP contribution >= 0.6 is 15.9 Å². The number of hydrogen-bond acceptors (Lipinski definition) is 1. The Hall–Kier alpha value is -2.07. The van der Waals surface area contributed by atoms with Crippen LogP contribution < -0.4 is 0 Å². The summed E-state index contributed by atoms with van der Waals surface area (Å²) in [6.07, 6.45) is 1.85. The summed E-state index contributed by atoms with van der Waals surface area (Å²) in [5, 5.41) is 9.50. The quantitative estimate of drug-likeness (QED) is 0.774. The van der Waals surface area contributed by atoms with E-state index in [0.717, 1.165) is 10.2 Å². The van der Waals surface area contributed by atoms with Crippen LogP contribution in [0.25, 0.3) is 16.6 Å². The lowest BCUT2D eigenvalue weighted by atomic mass is 10.0. The van der Waals surface area contributed by atoms with Gasteiger partial charge in [0, 0.05) is 11.8 Å². The zero-order valence-corrected chi connectivity index (χ0v) is 11.5. The molecule has 0 amide bonds. The molecular formula is C15H10BrNO2. The highest BCUT2D eigenvalue weighted by atomic mass is 79.9. The highest BCUT2D eigenvalue weighted by Crippen LogP contribution is 2.36. The Kier molecular flexibility index (Phi) is 2.87. The summed E-state index contributed by atoms with van der Waals surface area (Å²) in [7, 11) is 0. The lowest BCUT2D eigenvalue weighted by Gasteiger charge is -2.01. The Balaban J connectivity index is 2.44. The fourth-order valence-corrected chi connectivity index (χ4v) is 2.99. The Labute approximate surface area is 118 Å². The molecule has 0 saturated heterocycles. The first-order valence-electron chi connectivity index (χ1n) is 5.77. The van der Waals surface area contributed by atoms with Gasteiger partial charge in [-0.25, -0.2) is 4.79 Å². The summed E-state index contributed by atoms with van der Waals surface area (Å²) >= 11 is 3.51.